The lowest BCUT2D eigenvalue weighted by Gasteiger charge is -2.22. The second kappa shape index (κ2) is 4.63. The van der Waals surface area contributed by atoms with E-state index in [4.69, 9.17) is 10.5 Å². The summed E-state index contributed by atoms with van der Waals surface area (Å²) in [7, 11) is 0. The first-order chi connectivity index (χ1) is 9.81. The summed E-state index contributed by atoms with van der Waals surface area (Å²) in [5.41, 5.74) is 11.0. The van der Waals surface area contributed by atoms with Gasteiger partial charge in [0, 0.05) is 30.3 Å². The summed E-state index contributed by atoms with van der Waals surface area (Å²) in [5, 5.41) is 0. The topological polar surface area (TPSA) is 53.1 Å². The fourth-order valence-corrected chi connectivity index (χ4v) is 3.22. The molecular weight excluding hydrogens is 250 g/mol. The Morgan fingerprint density at radius 3 is 3.25 bits per heavy atom. The van der Waals surface area contributed by atoms with E-state index in [-0.39, 0.29) is 6.04 Å². The molecule has 0 fully saturated rings. The quantitative estimate of drug-likeness (QED) is 0.863. The van der Waals surface area contributed by atoms with Crippen LogP contribution in [0.15, 0.2) is 24.5 Å². The average molecular weight is 269 g/mol. The van der Waals surface area contributed by atoms with Gasteiger partial charge >= 0.3 is 0 Å². The molecule has 4 heteroatoms. The Morgan fingerprint density at radius 2 is 2.30 bits per heavy atom. The highest BCUT2D eigenvalue weighted by Gasteiger charge is 2.21. The molecule has 4 nitrogen and oxygen atoms in total. The van der Waals surface area contributed by atoms with Gasteiger partial charge in [-0.2, -0.15) is 0 Å². The van der Waals surface area contributed by atoms with Crippen molar-refractivity contribution >= 4 is 0 Å². The monoisotopic (exact) mass is 269 g/mol. The fourth-order valence-electron chi connectivity index (χ4n) is 3.22. The molecule has 1 aromatic carbocycles. The molecular formula is C16H19N3O. The Balaban J connectivity index is 1.76. The van der Waals surface area contributed by atoms with E-state index < -0.39 is 0 Å². The van der Waals surface area contributed by atoms with Crippen molar-refractivity contribution in [3.8, 4) is 17.0 Å². The Morgan fingerprint density at radius 1 is 1.35 bits per heavy atom. The maximum absolute atomic E-state index is 6.11. The maximum atomic E-state index is 6.11. The van der Waals surface area contributed by atoms with Crippen molar-refractivity contribution in [2.45, 2.75) is 38.3 Å². The normalized spacial score (nSPS) is 20.9. The molecule has 1 unspecified atom stereocenters. The van der Waals surface area contributed by atoms with Crippen LogP contribution in [-0.2, 0) is 19.4 Å². The fraction of sp³-hybridized carbons (Fsp3) is 0.438. The van der Waals surface area contributed by atoms with Crippen LogP contribution in [0.1, 0.15) is 24.1 Å². The Hall–Kier alpha value is -1.81. The molecule has 0 aliphatic carbocycles. The summed E-state index contributed by atoms with van der Waals surface area (Å²) in [5.74, 6) is 1.03. The average Bonchev–Trinajstić information content (AvgIpc) is 2.89. The third-order valence-electron chi connectivity index (χ3n) is 4.32. The highest BCUT2D eigenvalue weighted by Crippen LogP contribution is 2.32. The second-order valence-electron chi connectivity index (χ2n) is 5.76. The molecule has 0 spiro atoms. The molecule has 0 saturated heterocycles. The number of rotatable bonds is 1. The van der Waals surface area contributed by atoms with Crippen LogP contribution in [0.5, 0.6) is 5.75 Å². The first kappa shape index (κ1) is 12.0. The summed E-state index contributed by atoms with van der Waals surface area (Å²) in [4.78, 5) is 4.62. The number of nitrogens with zero attached hydrogens (tertiary/aromatic N) is 2. The van der Waals surface area contributed by atoms with Crippen molar-refractivity contribution in [1.29, 1.82) is 0 Å². The summed E-state index contributed by atoms with van der Waals surface area (Å²) < 4.78 is 7.92. The molecule has 4 rings (SSSR count). The molecule has 2 aliphatic heterocycles. The predicted molar refractivity (Wildman–Crippen MR) is 77.8 cm³/mol. The predicted octanol–water partition coefficient (Wildman–Crippen LogP) is 2.15. The van der Waals surface area contributed by atoms with E-state index in [1.54, 1.807) is 0 Å². The minimum absolute atomic E-state index is 0.263. The number of nitrogens with two attached hydrogens (primary N) is 1. The van der Waals surface area contributed by atoms with E-state index in [9.17, 15) is 0 Å². The van der Waals surface area contributed by atoms with Gasteiger partial charge in [-0.05, 0) is 43.0 Å². The number of hydrogen-bond donors (Lipinski definition) is 1. The molecule has 20 heavy (non-hydrogen) atoms. The van der Waals surface area contributed by atoms with E-state index in [0.29, 0.717) is 0 Å². The van der Waals surface area contributed by atoms with Gasteiger partial charge in [0.25, 0.3) is 0 Å². The van der Waals surface area contributed by atoms with Gasteiger partial charge in [-0.1, -0.05) is 0 Å². The standard InChI is InChI=1S/C16H19N3O/c17-13-5-6-19-10-18-16(14(19)9-13)12-3-4-15-11(8-12)2-1-7-20-15/h3-4,8,10,13H,1-2,5-7,9,17H2. The van der Waals surface area contributed by atoms with E-state index in [0.717, 1.165) is 50.3 Å². The van der Waals surface area contributed by atoms with Gasteiger partial charge in [0.05, 0.1) is 18.6 Å². The van der Waals surface area contributed by atoms with Crippen molar-refractivity contribution < 1.29 is 4.74 Å². The van der Waals surface area contributed by atoms with Crippen LogP contribution < -0.4 is 10.5 Å². The summed E-state index contributed by atoms with van der Waals surface area (Å²) in [6.07, 6.45) is 6.11. The molecule has 104 valence electrons. The highest BCUT2D eigenvalue weighted by molar-refractivity contribution is 5.65. The second-order valence-corrected chi connectivity index (χ2v) is 5.76. The van der Waals surface area contributed by atoms with Gasteiger partial charge in [-0.3, -0.25) is 0 Å². The van der Waals surface area contributed by atoms with Gasteiger partial charge in [0.2, 0.25) is 0 Å². The van der Waals surface area contributed by atoms with Crippen molar-refractivity contribution in [3.63, 3.8) is 0 Å². The van der Waals surface area contributed by atoms with Crippen LogP contribution in [0.25, 0.3) is 11.3 Å². The summed E-state index contributed by atoms with van der Waals surface area (Å²) in [6.45, 7) is 1.82. The summed E-state index contributed by atoms with van der Waals surface area (Å²) >= 11 is 0. The number of ether oxygens (including phenoxy) is 1. The van der Waals surface area contributed by atoms with Crippen molar-refractivity contribution in [1.82, 2.24) is 9.55 Å². The highest BCUT2D eigenvalue weighted by atomic mass is 16.5. The molecule has 0 radical (unpaired) electrons. The van der Waals surface area contributed by atoms with Crippen LogP contribution in [-0.4, -0.2) is 22.2 Å². The Bertz CT molecular complexity index is 647. The number of hydrogen-bond acceptors (Lipinski definition) is 3. The van der Waals surface area contributed by atoms with Crippen LogP contribution in [0.2, 0.25) is 0 Å². The molecule has 1 atom stereocenters. The Labute approximate surface area is 118 Å². The van der Waals surface area contributed by atoms with Crippen LogP contribution in [0.4, 0.5) is 0 Å². The first-order valence-electron chi connectivity index (χ1n) is 7.37. The third-order valence-corrected chi connectivity index (χ3v) is 4.32. The van der Waals surface area contributed by atoms with E-state index in [1.807, 2.05) is 6.33 Å². The third kappa shape index (κ3) is 1.91. The molecule has 1 aromatic heterocycles. The lowest BCUT2D eigenvalue weighted by Crippen LogP contribution is -2.30. The molecule has 2 aliphatic rings. The summed E-state index contributed by atoms with van der Waals surface area (Å²) in [6, 6.07) is 6.70. The Kier molecular flexibility index (Phi) is 2.77. The molecule has 0 saturated carbocycles. The number of aromatic nitrogens is 2. The smallest absolute Gasteiger partial charge is 0.122 e. The number of fused-ring (bicyclic) bond motifs is 2. The van der Waals surface area contributed by atoms with Gasteiger partial charge in [-0.25, -0.2) is 4.98 Å². The zero-order chi connectivity index (χ0) is 13.5. The number of aryl methyl sites for hydroxylation is 2. The molecule has 0 bridgehead atoms. The lowest BCUT2D eigenvalue weighted by atomic mass is 9.97. The first-order valence-corrected chi connectivity index (χ1v) is 7.37. The van der Waals surface area contributed by atoms with Gasteiger partial charge < -0.3 is 15.0 Å². The zero-order valence-corrected chi connectivity index (χ0v) is 11.5. The van der Waals surface area contributed by atoms with Crippen molar-refractivity contribution in [2.24, 2.45) is 5.73 Å². The van der Waals surface area contributed by atoms with Gasteiger partial charge in [-0.15, -0.1) is 0 Å². The zero-order valence-electron chi connectivity index (χ0n) is 11.5. The lowest BCUT2D eigenvalue weighted by molar-refractivity contribution is 0.288. The SMILES string of the molecule is NC1CCn2cnc(-c3ccc4c(c3)CCCO4)c2C1. The van der Waals surface area contributed by atoms with Crippen molar-refractivity contribution in [2.75, 3.05) is 6.61 Å². The minimum atomic E-state index is 0.263. The molecule has 2 aromatic rings. The molecule has 0 amide bonds. The van der Waals surface area contributed by atoms with Gasteiger partial charge in [0.1, 0.15) is 5.75 Å². The maximum Gasteiger partial charge on any atom is 0.122 e. The van der Waals surface area contributed by atoms with Crippen LogP contribution in [0, 0.1) is 0 Å². The van der Waals surface area contributed by atoms with Crippen LogP contribution >= 0.6 is 0 Å². The van der Waals surface area contributed by atoms with Gasteiger partial charge in [0.15, 0.2) is 0 Å². The molecule has 3 heterocycles. The van der Waals surface area contributed by atoms with Crippen molar-refractivity contribution in [3.05, 3.63) is 35.8 Å². The molecule has 2 N–H and O–H groups in total. The van der Waals surface area contributed by atoms with E-state index in [1.165, 1.54) is 16.8 Å². The minimum Gasteiger partial charge on any atom is -0.493 e. The number of imidazole rings is 1. The largest absolute Gasteiger partial charge is 0.493 e. The number of benzene rings is 1. The van der Waals surface area contributed by atoms with E-state index in [2.05, 4.69) is 27.8 Å². The van der Waals surface area contributed by atoms with Crippen LogP contribution in [0.3, 0.4) is 0 Å². The van der Waals surface area contributed by atoms with E-state index >= 15 is 0 Å².